The highest BCUT2D eigenvalue weighted by atomic mass is 79.9. The van der Waals surface area contributed by atoms with Gasteiger partial charge in [-0.1, -0.05) is 0 Å². The first kappa shape index (κ1) is 13.3. The zero-order valence-electron chi connectivity index (χ0n) is 9.37. The number of nitrogens with two attached hydrogens (primary N) is 1. The van der Waals surface area contributed by atoms with E-state index in [-0.39, 0.29) is 11.9 Å². The molecule has 1 rings (SSSR count). The summed E-state index contributed by atoms with van der Waals surface area (Å²) in [5, 5.41) is 9.19. The van der Waals surface area contributed by atoms with Crippen LogP contribution in [0, 0.1) is 5.82 Å². The molecule has 3 N–H and O–H groups in total. The Kier molecular flexibility index (Phi) is 4.56. The van der Waals surface area contributed by atoms with Crippen molar-refractivity contribution in [3.05, 3.63) is 22.4 Å². The zero-order valence-corrected chi connectivity index (χ0v) is 11.0. The second-order valence-corrected chi connectivity index (χ2v) is 4.74. The summed E-state index contributed by atoms with van der Waals surface area (Å²) >= 11 is 3.12. The molecule has 0 heterocycles. The van der Waals surface area contributed by atoms with E-state index in [1.807, 2.05) is 11.9 Å². The molecule has 0 aromatic heterocycles. The Morgan fingerprint density at radius 3 is 2.75 bits per heavy atom. The molecular weight excluding hydrogens is 275 g/mol. The number of nitrogen functional groups attached to an aromatic ring is 1. The van der Waals surface area contributed by atoms with Crippen LogP contribution in [0.1, 0.15) is 13.3 Å². The molecular formula is C11H16BrFN2O. The van der Waals surface area contributed by atoms with Gasteiger partial charge in [-0.15, -0.1) is 0 Å². The molecule has 0 aliphatic carbocycles. The number of benzene rings is 1. The maximum atomic E-state index is 13.2. The molecule has 0 radical (unpaired) electrons. The molecule has 90 valence electrons. The van der Waals surface area contributed by atoms with Crippen molar-refractivity contribution in [1.29, 1.82) is 0 Å². The van der Waals surface area contributed by atoms with E-state index in [0.29, 0.717) is 23.1 Å². The molecule has 1 aromatic rings. The van der Waals surface area contributed by atoms with Gasteiger partial charge in [-0.25, -0.2) is 4.39 Å². The minimum atomic E-state index is -0.370. The van der Waals surface area contributed by atoms with Crippen molar-refractivity contribution in [3.63, 3.8) is 0 Å². The van der Waals surface area contributed by atoms with Crippen LogP contribution in [0.15, 0.2) is 16.6 Å². The molecule has 3 nitrogen and oxygen atoms in total. The normalized spacial score (nSPS) is 12.6. The Labute approximate surface area is 103 Å². The number of hydrogen-bond acceptors (Lipinski definition) is 3. The van der Waals surface area contributed by atoms with Crippen LogP contribution >= 0.6 is 15.9 Å². The van der Waals surface area contributed by atoms with Crippen LogP contribution in [-0.2, 0) is 0 Å². The molecule has 0 amide bonds. The van der Waals surface area contributed by atoms with E-state index >= 15 is 0 Å². The number of aliphatic hydroxyl groups is 1. The van der Waals surface area contributed by atoms with Gasteiger partial charge in [0.15, 0.2) is 0 Å². The first-order valence-electron chi connectivity index (χ1n) is 5.05. The highest BCUT2D eigenvalue weighted by Gasteiger charge is 2.10. The Bertz CT molecular complexity index is 371. The van der Waals surface area contributed by atoms with Gasteiger partial charge < -0.3 is 15.7 Å². The second-order valence-electron chi connectivity index (χ2n) is 3.88. The van der Waals surface area contributed by atoms with Gasteiger partial charge in [-0.2, -0.15) is 0 Å². The quantitative estimate of drug-likeness (QED) is 0.837. The van der Waals surface area contributed by atoms with Gasteiger partial charge in [0.05, 0.1) is 22.0 Å². The van der Waals surface area contributed by atoms with Gasteiger partial charge in [0, 0.05) is 19.7 Å². The molecule has 1 aromatic carbocycles. The van der Waals surface area contributed by atoms with Crippen molar-refractivity contribution in [2.24, 2.45) is 0 Å². The average Bonchev–Trinajstić information content (AvgIpc) is 2.20. The van der Waals surface area contributed by atoms with Crippen LogP contribution in [0.5, 0.6) is 0 Å². The second kappa shape index (κ2) is 5.50. The summed E-state index contributed by atoms with van der Waals surface area (Å²) in [5.41, 5.74) is 6.89. The lowest BCUT2D eigenvalue weighted by atomic mass is 10.2. The fourth-order valence-electron chi connectivity index (χ4n) is 1.38. The van der Waals surface area contributed by atoms with Gasteiger partial charge in [0.2, 0.25) is 0 Å². The predicted octanol–water partition coefficient (Wildman–Crippen LogP) is 2.38. The summed E-state index contributed by atoms with van der Waals surface area (Å²) < 4.78 is 13.5. The van der Waals surface area contributed by atoms with Crippen LogP contribution in [-0.4, -0.2) is 24.8 Å². The Morgan fingerprint density at radius 1 is 1.56 bits per heavy atom. The van der Waals surface area contributed by atoms with E-state index in [0.717, 1.165) is 5.69 Å². The SMILES string of the molecule is CC(O)CCN(C)c1cc(Br)c(F)cc1N. The third-order valence-electron chi connectivity index (χ3n) is 2.36. The van der Waals surface area contributed by atoms with E-state index in [2.05, 4.69) is 15.9 Å². The molecule has 0 aliphatic rings. The molecule has 0 aliphatic heterocycles. The Morgan fingerprint density at radius 2 is 2.19 bits per heavy atom. The minimum absolute atomic E-state index is 0.354. The number of anilines is 2. The van der Waals surface area contributed by atoms with E-state index in [4.69, 9.17) is 5.73 Å². The van der Waals surface area contributed by atoms with E-state index in [1.165, 1.54) is 6.07 Å². The number of aliphatic hydroxyl groups excluding tert-OH is 1. The monoisotopic (exact) mass is 290 g/mol. The van der Waals surface area contributed by atoms with Gasteiger partial charge in [0.25, 0.3) is 0 Å². The van der Waals surface area contributed by atoms with Crippen molar-refractivity contribution in [1.82, 2.24) is 0 Å². The van der Waals surface area contributed by atoms with Gasteiger partial charge in [-0.05, 0) is 35.3 Å². The number of nitrogens with zero attached hydrogens (tertiary/aromatic N) is 1. The summed E-state index contributed by atoms with van der Waals surface area (Å²) in [6.07, 6.45) is 0.290. The molecule has 0 saturated heterocycles. The van der Waals surface area contributed by atoms with Gasteiger partial charge >= 0.3 is 0 Å². The molecule has 0 fully saturated rings. The highest BCUT2D eigenvalue weighted by Crippen LogP contribution is 2.29. The molecule has 0 bridgehead atoms. The van der Waals surface area contributed by atoms with Crippen LogP contribution < -0.4 is 10.6 Å². The number of hydrogen-bond donors (Lipinski definition) is 2. The van der Waals surface area contributed by atoms with Crippen molar-refractivity contribution in [3.8, 4) is 0 Å². The minimum Gasteiger partial charge on any atom is -0.397 e. The first-order valence-corrected chi connectivity index (χ1v) is 5.85. The van der Waals surface area contributed by atoms with Crippen molar-refractivity contribution < 1.29 is 9.50 Å². The molecule has 0 spiro atoms. The largest absolute Gasteiger partial charge is 0.397 e. The summed E-state index contributed by atoms with van der Waals surface area (Å²) in [6.45, 7) is 2.40. The highest BCUT2D eigenvalue weighted by molar-refractivity contribution is 9.10. The third kappa shape index (κ3) is 3.35. The van der Waals surface area contributed by atoms with Gasteiger partial charge in [0.1, 0.15) is 5.82 Å². The average molecular weight is 291 g/mol. The fourth-order valence-corrected chi connectivity index (χ4v) is 1.71. The van der Waals surface area contributed by atoms with Crippen molar-refractivity contribution in [2.75, 3.05) is 24.2 Å². The number of halogens is 2. The fraction of sp³-hybridized carbons (Fsp3) is 0.455. The van der Waals surface area contributed by atoms with Crippen LogP contribution in [0.3, 0.4) is 0 Å². The molecule has 0 saturated carbocycles. The maximum Gasteiger partial charge on any atom is 0.139 e. The molecule has 16 heavy (non-hydrogen) atoms. The Hall–Kier alpha value is -0.810. The van der Waals surface area contributed by atoms with Gasteiger partial charge in [-0.3, -0.25) is 0 Å². The lowest BCUT2D eigenvalue weighted by Gasteiger charge is -2.22. The van der Waals surface area contributed by atoms with Crippen molar-refractivity contribution >= 4 is 27.3 Å². The van der Waals surface area contributed by atoms with Crippen molar-refractivity contribution in [2.45, 2.75) is 19.4 Å². The van der Waals surface area contributed by atoms with E-state index in [1.54, 1.807) is 13.0 Å². The summed E-state index contributed by atoms with van der Waals surface area (Å²) in [6, 6.07) is 2.94. The predicted molar refractivity (Wildman–Crippen MR) is 68.1 cm³/mol. The standard InChI is InChI=1S/C11H16BrFN2O/c1-7(16)3-4-15(2)11-5-8(12)9(13)6-10(11)14/h5-7,16H,3-4,14H2,1-2H3. The molecule has 1 unspecified atom stereocenters. The third-order valence-corrected chi connectivity index (χ3v) is 2.97. The number of rotatable bonds is 4. The first-order chi connectivity index (χ1) is 7.41. The molecule has 1 atom stereocenters. The summed E-state index contributed by atoms with van der Waals surface area (Å²) in [4.78, 5) is 1.90. The van der Waals surface area contributed by atoms with E-state index in [9.17, 15) is 9.50 Å². The van der Waals surface area contributed by atoms with Crippen LogP contribution in [0.2, 0.25) is 0 Å². The Balaban J connectivity index is 2.82. The summed E-state index contributed by atoms with van der Waals surface area (Å²) in [5.74, 6) is -0.370. The van der Waals surface area contributed by atoms with E-state index < -0.39 is 0 Å². The lowest BCUT2D eigenvalue weighted by molar-refractivity contribution is 0.187. The maximum absolute atomic E-state index is 13.2. The lowest BCUT2D eigenvalue weighted by Crippen LogP contribution is -2.22. The summed E-state index contributed by atoms with van der Waals surface area (Å²) in [7, 11) is 1.86. The topological polar surface area (TPSA) is 49.5 Å². The van der Waals surface area contributed by atoms with Crippen LogP contribution in [0.25, 0.3) is 0 Å². The van der Waals surface area contributed by atoms with Crippen LogP contribution in [0.4, 0.5) is 15.8 Å². The smallest absolute Gasteiger partial charge is 0.139 e. The molecule has 5 heteroatoms. The zero-order chi connectivity index (χ0) is 12.3.